The average molecular weight is 277 g/mol. The molecule has 1 amide bonds. The van der Waals surface area contributed by atoms with E-state index in [2.05, 4.69) is 26.7 Å². The van der Waals surface area contributed by atoms with Gasteiger partial charge in [-0.05, 0) is 30.7 Å². The molecule has 0 aromatic carbocycles. The van der Waals surface area contributed by atoms with Crippen molar-refractivity contribution in [3.63, 3.8) is 0 Å². The van der Waals surface area contributed by atoms with Crippen LogP contribution in [0.25, 0.3) is 0 Å². The topological polar surface area (TPSA) is 57.8 Å². The maximum absolute atomic E-state index is 11.9. The molecule has 0 aliphatic carbocycles. The Morgan fingerprint density at radius 1 is 1.58 bits per heavy atom. The molecule has 19 heavy (non-hydrogen) atoms. The summed E-state index contributed by atoms with van der Waals surface area (Å²) in [6.07, 6.45) is 6.75. The minimum atomic E-state index is -0.00997. The van der Waals surface area contributed by atoms with E-state index in [0.29, 0.717) is 6.42 Å². The molecule has 0 aliphatic rings. The summed E-state index contributed by atoms with van der Waals surface area (Å²) in [6.45, 7) is 2.04. The van der Waals surface area contributed by atoms with Gasteiger partial charge in [0.15, 0.2) is 0 Å². The SMILES string of the molecule is CCC(NC(=O)CCCc1cccs1)c1ncc[nH]1. The predicted molar refractivity (Wildman–Crippen MR) is 77.0 cm³/mol. The number of aromatic amines is 1. The first-order valence-electron chi connectivity index (χ1n) is 6.60. The van der Waals surface area contributed by atoms with Gasteiger partial charge in [0.2, 0.25) is 5.91 Å². The fourth-order valence-corrected chi connectivity index (χ4v) is 2.73. The molecule has 0 spiro atoms. The number of nitrogens with zero attached hydrogens (tertiary/aromatic N) is 1. The highest BCUT2D eigenvalue weighted by molar-refractivity contribution is 7.09. The number of imidazole rings is 1. The first-order valence-corrected chi connectivity index (χ1v) is 7.48. The third-order valence-electron chi connectivity index (χ3n) is 3.00. The standard InChI is InChI=1S/C14H19N3OS/c1-2-12(14-15-8-9-16-14)17-13(18)7-3-5-11-6-4-10-19-11/h4,6,8-10,12H,2-3,5,7H2,1H3,(H,15,16)(H,17,18). The lowest BCUT2D eigenvalue weighted by molar-refractivity contribution is -0.122. The van der Waals surface area contributed by atoms with Crippen LogP contribution < -0.4 is 5.32 Å². The molecule has 4 nitrogen and oxygen atoms in total. The van der Waals surface area contributed by atoms with Crippen molar-refractivity contribution >= 4 is 17.2 Å². The summed E-state index contributed by atoms with van der Waals surface area (Å²) in [5.41, 5.74) is 0. The summed E-state index contributed by atoms with van der Waals surface area (Å²) in [5, 5.41) is 5.09. The number of rotatable bonds is 7. The van der Waals surface area contributed by atoms with Crippen LogP contribution in [0.15, 0.2) is 29.9 Å². The van der Waals surface area contributed by atoms with Gasteiger partial charge in [-0.15, -0.1) is 11.3 Å². The van der Waals surface area contributed by atoms with Crippen molar-refractivity contribution in [2.45, 2.75) is 38.6 Å². The summed E-state index contributed by atoms with van der Waals surface area (Å²) in [4.78, 5) is 20.5. The number of H-pyrrole nitrogens is 1. The number of amides is 1. The Hall–Kier alpha value is -1.62. The number of hydrogen-bond donors (Lipinski definition) is 2. The Balaban J connectivity index is 1.74. The summed E-state index contributed by atoms with van der Waals surface area (Å²) < 4.78 is 0. The van der Waals surface area contributed by atoms with Gasteiger partial charge in [0.1, 0.15) is 5.82 Å². The van der Waals surface area contributed by atoms with Crippen LogP contribution in [0.5, 0.6) is 0 Å². The molecule has 0 saturated carbocycles. The summed E-state index contributed by atoms with van der Waals surface area (Å²) >= 11 is 1.74. The number of aromatic nitrogens is 2. The minimum Gasteiger partial charge on any atom is -0.347 e. The summed E-state index contributed by atoms with van der Waals surface area (Å²) in [7, 11) is 0. The van der Waals surface area contributed by atoms with Gasteiger partial charge in [-0.3, -0.25) is 4.79 Å². The fraction of sp³-hybridized carbons (Fsp3) is 0.429. The van der Waals surface area contributed by atoms with Crippen LogP contribution >= 0.6 is 11.3 Å². The highest BCUT2D eigenvalue weighted by atomic mass is 32.1. The second-order valence-electron chi connectivity index (χ2n) is 4.44. The van der Waals surface area contributed by atoms with Crippen LogP contribution in [0.4, 0.5) is 0 Å². The Morgan fingerprint density at radius 2 is 2.47 bits per heavy atom. The van der Waals surface area contributed by atoms with Crippen molar-refractivity contribution < 1.29 is 4.79 Å². The van der Waals surface area contributed by atoms with Gasteiger partial charge in [0.25, 0.3) is 0 Å². The Morgan fingerprint density at radius 3 is 3.11 bits per heavy atom. The molecular weight excluding hydrogens is 258 g/mol. The fourth-order valence-electron chi connectivity index (χ4n) is 1.98. The van der Waals surface area contributed by atoms with Crippen molar-refractivity contribution in [1.82, 2.24) is 15.3 Å². The highest BCUT2D eigenvalue weighted by Crippen LogP contribution is 2.14. The number of hydrogen-bond acceptors (Lipinski definition) is 3. The second kappa shape index (κ2) is 7.09. The zero-order valence-electron chi connectivity index (χ0n) is 11.1. The molecule has 2 N–H and O–H groups in total. The first-order chi connectivity index (χ1) is 9.29. The van der Waals surface area contributed by atoms with Crippen molar-refractivity contribution in [2.75, 3.05) is 0 Å². The molecule has 102 valence electrons. The lowest BCUT2D eigenvalue weighted by Crippen LogP contribution is -2.28. The van der Waals surface area contributed by atoms with E-state index in [-0.39, 0.29) is 11.9 Å². The monoisotopic (exact) mass is 277 g/mol. The molecule has 1 unspecified atom stereocenters. The van der Waals surface area contributed by atoms with Gasteiger partial charge >= 0.3 is 0 Å². The van der Waals surface area contributed by atoms with E-state index in [9.17, 15) is 4.79 Å². The predicted octanol–water partition coefficient (Wildman–Crippen LogP) is 3.06. The van der Waals surface area contributed by atoms with Crippen LogP contribution in [-0.4, -0.2) is 15.9 Å². The molecule has 2 heterocycles. The maximum Gasteiger partial charge on any atom is 0.220 e. The first kappa shape index (κ1) is 13.8. The third-order valence-corrected chi connectivity index (χ3v) is 3.94. The molecule has 0 saturated heterocycles. The molecule has 1 atom stereocenters. The zero-order chi connectivity index (χ0) is 13.5. The number of thiophene rings is 1. The molecule has 2 aromatic heterocycles. The molecule has 0 radical (unpaired) electrons. The number of carbonyl (C=O) groups is 1. The maximum atomic E-state index is 11.9. The van der Waals surface area contributed by atoms with Crippen LogP contribution in [-0.2, 0) is 11.2 Å². The lowest BCUT2D eigenvalue weighted by Gasteiger charge is -2.14. The third kappa shape index (κ3) is 4.21. The van der Waals surface area contributed by atoms with E-state index < -0.39 is 0 Å². The van der Waals surface area contributed by atoms with Crippen molar-refractivity contribution in [3.05, 3.63) is 40.6 Å². The van der Waals surface area contributed by atoms with Gasteiger partial charge in [-0.1, -0.05) is 13.0 Å². The largest absolute Gasteiger partial charge is 0.347 e. The van der Waals surface area contributed by atoms with Crippen LogP contribution in [0, 0.1) is 0 Å². The minimum absolute atomic E-state index is 0.00997. The molecule has 5 heteroatoms. The summed E-state index contributed by atoms with van der Waals surface area (Å²) in [5.74, 6) is 0.925. The zero-order valence-corrected chi connectivity index (χ0v) is 11.9. The molecule has 0 fully saturated rings. The Bertz CT molecular complexity index is 479. The number of nitrogens with one attached hydrogen (secondary N) is 2. The molecule has 0 aliphatic heterocycles. The summed E-state index contributed by atoms with van der Waals surface area (Å²) in [6, 6.07) is 4.15. The second-order valence-corrected chi connectivity index (χ2v) is 5.47. The van der Waals surface area contributed by atoms with E-state index in [1.54, 1.807) is 23.7 Å². The van der Waals surface area contributed by atoms with E-state index in [1.165, 1.54) is 4.88 Å². The quantitative estimate of drug-likeness (QED) is 0.817. The van der Waals surface area contributed by atoms with Crippen LogP contribution in [0.1, 0.15) is 42.9 Å². The van der Waals surface area contributed by atoms with Gasteiger partial charge in [-0.25, -0.2) is 4.98 Å². The molecular formula is C14H19N3OS. The van der Waals surface area contributed by atoms with E-state index in [1.807, 2.05) is 13.0 Å². The smallest absolute Gasteiger partial charge is 0.220 e. The lowest BCUT2D eigenvalue weighted by atomic mass is 10.1. The van der Waals surface area contributed by atoms with E-state index in [0.717, 1.165) is 25.1 Å². The van der Waals surface area contributed by atoms with Crippen molar-refractivity contribution in [3.8, 4) is 0 Å². The van der Waals surface area contributed by atoms with Gasteiger partial charge in [0, 0.05) is 23.7 Å². The van der Waals surface area contributed by atoms with Gasteiger partial charge < -0.3 is 10.3 Å². The van der Waals surface area contributed by atoms with Crippen molar-refractivity contribution in [2.24, 2.45) is 0 Å². The number of aryl methyl sites for hydroxylation is 1. The Kier molecular flexibility index (Phi) is 5.15. The average Bonchev–Trinajstić information content (AvgIpc) is 3.08. The molecule has 2 aromatic rings. The molecule has 0 bridgehead atoms. The van der Waals surface area contributed by atoms with Gasteiger partial charge in [0.05, 0.1) is 6.04 Å². The normalized spacial score (nSPS) is 12.3. The van der Waals surface area contributed by atoms with Gasteiger partial charge in [-0.2, -0.15) is 0 Å². The van der Waals surface area contributed by atoms with Crippen molar-refractivity contribution in [1.29, 1.82) is 0 Å². The highest BCUT2D eigenvalue weighted by Gasteiger charge is 2.14. The number of carbonyl (C=O) groups excluding carboxylic acids is 1. The van der Waals surface area contributed by atoms with Crippen LogP contribution in [0.3, 0.4) is 0 Å². The van der Waals surface area contributed by atoms with E-state index in [4.69, 9.17) is 0 Å². The Labute approximate surface area is 117 Å². The van der Waals surface area contributed by atoms with E-state index >= 15 is 0 Å². The molecule has 2 rings (SSSR count). The van der Waals surface area contributed by atoms with Crippen LogP contribution in [0.2, 0.25) is 0 Å².